The lowest BCUT2D eigenvalue weighted by atomic mass is 9.78. The first-order valence-electron chi connectivity index (χ1n) is 9.30. The zero-order valence-electron chi connectivity index (χ0n) is 16.0. The lowest BCUT2D eigenvalue weighted by Crippen LogP contribution is -2.38. The molecule has 7 nitrogen and oxygen atoms in total. The molecule has 0 spiro atoms. The number of benzene rings is 1. The number of aryl methyl sites for hydroxylation is 1. The molecule has 4 rings (SSSR count). The van der Waals surface area contributed by atoms with Gasteiger partial charge >= 0.3 is 0 Å². The van der Waals surface area contributed by atoms with Gasteiger partial charge in [-0.25, -0.2) is 0 Å². The third kappa shape index (κ3) is 3.13. The van der Waals surface area contributed by atoms with Gasteiger partial charge in [-0.05, 0) is 47.8 Å². The quantitative estimate of drug-likeness (QED) is 0.482. The van der Waals surface area contributed by atoms with Crippen molar-refractivity contribution in [3.8, 4) is 6.07 Å². The molecule has 1 unspecified atom stereocenters. The molecular formula is C21H17BrN4O3S. The van der Waals surface area contributed by atoms with E-state index in [1.165, 1.54) is 22.3 Å². The molecule has 0 amide bonds. The number of thiophene rings is 1. The molecule has 2 N–H and O–H groups in total. The van der Waals surface area contributed by atoms with Crippen molar-refractivity contribution >= 4 is 44.4 Å². The van der Waals surface area contributed by atoms with Crippen LogP contribution in [0.15, 0.2) is 57.5 Å². The van der Waals surface area contributed by atoms with Gasteiger partial charge in [0.25, 0.3) is 5.69 Å². The average molecular weight is 485 g/mol. The minimum Gasteiger partial charge on any atom is -0.384 e. The van der Waals surface area contributed by atoms with Crippen molar-refractivity contribution in [1.29, 1.82) is 5.26 Å². The van der Waals surface area contributed by atoms with Crippen molar-refractivity contribution in [2.24, 2.45) is 5.73 Å². The summed E-state index contributed by atoms with van der Waals surface area (Å²) in [5, 5.41) is 21.6. The second-order valence-corrected chi connectivity index (χ2v) is 9.26. The van der Waals surface area contributed by atoms with Crippen LogP contribution in [0.1, 0.15) is 34.9 Å². The molecule has 9 heteroatoms. The summed E-state index contributed by atoms with van der Waals surface area (Å²) in [7, 11) is 0. The van der Waals surface area contributed by atoms with Crippen LogP contribution in [-0.2, 0) is 4.79 Å². The number of para-hydroxylation sites is 2. The van der Waals surface area contributed by atoms with Gasteiger partial charge < -0.3 is 5.73 Å². The van der Waals surface area contributed by atoms with Crippen LogP contribution in [0, 0.1) is 28.4 Å². The van der Waals surface area contributed by atoms with E-state index in [1.54, 1.807) is 18.2 Å². The molecule has 0 fully saturated rings. The summed E-state index contributed by atoms with van der Waals surface area (Å²) < 4.78 is 0.907. The second-order valence-electron chi connectivity index (χ2n) is 7.11. The summed E-state index contributed by atoms with van der Waals surface area (Å²) >= 11 is 5.01. The number of hydrogen-bond acceptors (Lipinski definition) is 7. The Balaban J connectivity index is 2.01. The van der Waals surface area contributed by atoms with Crippen molar-refractivity contribution in [1.82, 2.24) is 0 Å². The van der Waals surface area contributed by atoms with E-state index >= 15 is 0 Å². The fraction of sp³-hybridized carbons (Fsp3) is 0.238. The lowest BCUT2D eigenvalue weighted by Gasteiger charge is -2.38. The number of allylic oxidation sites excluding steroid dienone is 3. The van der Waals surface area contributed by atoms with E-state index in [9.17, 15) is 20.2 Å². The number of nitriles is 1. The van der Waals surface area contributed by atoms with Gasteiger partial charge in [-0.2, -0.15) is 5.26 Å². The zero-order valence-corrected chi connectivity index (χ0v) is 18.4. The lowest BCUT2D eigenvalue weighted by molar-refractivity contribution is -0.384. The molecule has 1 aromatic carbocycles. The number of rotatable bonds is 3. The van der Waals surface area contributed by atoms with E-state index in [2.05, 4.69) is 22.0 Å². The average Bonchev–Trinajstić information content (AvgIpc) is 3.05. The number of ketones is 1. The van der Waals surface area contributed by atoms with Crippen LogP contribution in [0.3, 0.4) is 0 Å². The second kappa shape index (κ2) is 7.70. The van der Waals surface area contributed by atoms with Gasteiger partial charge in [0.1, 0.15) is 11.5 Å². The number of hydrogen-bond donors (Lipinski definition) is 1. The molecule has 1 aliphatic carbocycles. The number of nitro benzene ring substituents is 1. The van der Waals surface area contributed by atoms with Crippen LogP contribution in [0.4, 0.5) is 11.4 Å². The fourth-order valence-corrected chi connectivity index (χ4v) is 5.76. The number of nitrogens with zero attached hydrogens (tertiary/aromatic N) is 3. The molecular weight excluding hydrogens is 468 g/mol. The summed E-state index contributed by atoms with van der Waals surface area (Å²) in [6.45, 7) is 1.96. The molecule has 0 saturated carbocycles. The first kappa shape index (κ1) is 20.3. The Morgan fingerprint density at radius 1 is 1.37 bits per heavy atom. The maximum Gasteiger partial charge on any atom is 0.293 e. The van der Waals surface area contributed by atoms with Gasteiger partial charge in [-0.1, -0.05) is 12.1 Å². The number of nitro groups is 1. The number of nitrogens with two attached hydrogens (primary N) is 1. The Bertz CT molecular complexity index is 1170. The first-order chi connectivity index (χ1) is 14.3. The molecule has 1 atom stereocenters. The smallest absolute Gasteiger partial charge is 0.293 e. The van der Waals surface area contributed by atoms with Crippen LogP contribution in [-0.4, -0.2) is 10.7 Å². The number of halogens is 1. The summed E-state index contributed by atoms with van der Waals surface area (Å²) in [4.78, 5) is 27.7. The number of Topliss-reactive ketones (excluding diaryl/α,β-unsaturated/α-hetero) is 1. The summed E-state index contributed by atoms with van der Waals surface area (Å²) in [6.07, 6.45) is 1.56. The number of carbonyl (C=O) groups excluding carboxylic acids is 1. The molecule has 30 heavy (non-hydrogen) atoms. The number of anilines is 1. The normalized spacial score (nSPS) is 19.0. The van der Waals surface area contributed by atoms with E-state index in [0.717, 1.165) is 14.2 Å². The highest BCUT2D eigenvalue weighted by molar-refractivity contribution is 9.10. The molecule has 1 aromatic heterocycles. The predicted molar refractivity (Wildman–Crippen MR) is 118 cm³/mol. The fourth-order valence-electron chi connectivity index (χ4n) is 4.08. The topological polar surface area (TPSA) is 113 Å². The highest BCUT2D eigenvalue weighted by Crippen LogP contribution is 2.49. The minimum absolute atomic E-state index is 0.0488. The Labute approximate surface area is 185 Å². The van der Waals surface area contributed by atoms with Crippen molar-refractivity contribution in [2.45, 2.75) is 32.1 Å². The summed E-state index contributed by atoms with van der Waals surface area (Å²) in [5.74, 6) is -0.480. The van der Waals surface area contributed by atoms with E-state index in [0.29, 0.717) is 30.5 Å². The molecule has 0 bridgehead atoms. The maximum absolute atomic E-state index is 13.1. The van der Waals surface area contributed by atoms with Crippen LogP contribution >= 0.6 is 27.3 Å². The Morgan fingerprint density at radius 3 is 2.73 bits per heavy atom. The largest absolute Gasteiger partial charge is 0.384 e. The molecule has 152 valence electrons. The molecule has 2 heterocycles. The van der Waals surface area contributed by atoms with Gasteiger partial charge in [-0.3, -0.25) is 19.8 Å². The number of carbonyl (C=O) groups is 1. The van der Waals surface area contributed by atoms with Gasteiger partial charge in [0, 0.05) is 38.0 Å². The van der Waals surface area contributed by atoms with Crippen molar-refractivity contribution in [3.63, 3.8) is 0 Å². The Morgan fingerprint density at radius 2 is 2.10 bits per heavy atom. The predicted octanol–water partition coefficient (Wildman–Crippen LogP) is 5.03. The molecule has 2 aromatic rings. The SMILES string of the molecule is Cc1sc(C2C(C#N)=C(N)N(c3ccccc3[N+](=O)[O-])C3=C2C(=O)CCC3)cc1Br. The highest BCUT2D eigenvalue weighted by atomic mass is 79.9. The van der Waals surface area contributed by atoms with Crippen molar-refractivity contribution in [2.75, 3.05) is 4.90 Å². The Kier molecular flexibility index (Phi) is 5.22. The molecule has 1 aliphatic heterocycles. The summed E-state index contributed by atoms with van der Waals surface area (Å²) in [6, 6.07) is 10.3. The summed E-state index contributed by atoms with van der Waals surface area (Å²) in [5.41, 5.74) is 7.99. The monoisotopic (exact) mass is 484 g/mol. The molecule has 2 aliphatic rings. The molecule has 0 saturated heterocycles. The van der Waals surface area contributed by atoms with Gasteiger partial charge in [0.15, 0.2) is 5.78 Å². The third-order valence-corrected chi connectivity index (χ3v) is 7.59. The standard InChI is InChI=1S/C21H17BrN4O3S/c1-11-13(22)9-18(30-11)19-12(10-23)21(24)25(16-7-4-8-17(27)20(16)19)14-5-2-3-6-15(14)26(28)29/h2-3,5-6,9,19H,4,7-8,24H2,1H3. The van der Waals surface area contributed by atoms with Gasteiger partial charge in [0.2, 0.25) is 0 Å². The van der Waals surface area contributed by atoms with Crippen LogP contribution in [0.25, 0.3) is 0 Å². The van der Waals surface area contributed by atoms with Crippen molar-refractivity contribution in [3.05, 3.63) is 77.3 Å². The van der Waals surface area contributed by atoms with Gasteiger partial charge in [-0.15, -0.1) is 11.3 Å². The zero-order chi connectivity index (χ0) is 21.6. The minimum atomic E-state index is -0.563. The van der Waals surface area contributed by atoms with Crippen LogP contribution < -0.4 is 10.6 Å². The maximum atomic E-state index is 13.1. The van der Waals surface area contributed by atoms with Crippen LogP contribution in [0.2, 0.25) is 0 Å². The van der Waals surface area contributed by atoms with E-state index in [1.807, 2.05) is 13.0 Å². The van der Waals surface area contributed by atoms with Crippen LogP contribution in [0.5, 0.6) is 0 Å². The van der Waals surface area contributed by atoms with E-state index < -0.39 is 10.8 Å². The first-order valence-corrected chi connectivity index (χ1v) is 10.9. The van der Waals surface area contributed by atoms with Crippen molar-refractivity contribution < 1.29 is 9.72 Å². The van der Waals surface area contributed by atoms with E-state index in [4.69, 9.17) is 5.73 Å². The third-order valence-electron chi connectivity index (χ3n) is 5.39. The molecule has 0 radical (unpaired) electrons. The van der Waals surface area contributed by atoms with Gasteiger partial charge in [0.05, 0.1) is 22.5 Å². The Hall–Kier alpha value is -2.96. The highest BCUT2D eigenvalue weighted by Gasteiger charge is 2.42. The van der Waals surface area contributed by atoms with E-state index in [-0.39, 0.29) is 28.6 Å².